The topological polar surface area (TPSA) is 29.3 Å². The molecule has 1 aliphatic carbocycles. The van der Waals surface area contributed by atoms with E-state index in [-0.39, 0.29) is 0 Å². The van der Waals surface area contributed by atoms with Crippen molar-refractivity contribution in [1.29, 1.82) is 0 Å². The Hall–Kier alpha value is -0.570. The van der Waals surface area contributed by atoms with E-state index >= 15 is 0 Å². The monoisotopic (exact) mass is 294 g/mol. The van der Waals surface area contributed by atoms with Crippen molar-refractivity contribution in [1.82, 2.24) is 4.90 Å². The third-order valence-corrected chi connectivity index (χ3v) is 5.27. The normalized spacial score (nSPS) is 20.1. The number of halogens is 1. The van der Waals surface area contributed by atoms with Gasteiger partial charge >= 0.3 is 0 Å². The number of nitrogens with zero attached hydrogens (tertiary/aromatic N) is 1. The van der Waals surface area contributed by atoms with Gasteiger partial charge in [0, 0.05) is 23.7 Å². The molecule has 2 nitrogen and oxygen atoms in total. The molecule has 0 amide bonds. The summed E-state index contributed by atoms with van der Waals surface area (Å²) in [6.07, 6.45) is 6.74. The predicted octanol–water partition coefficient (Wildman–Crippen LogP) is 4.24. The van der Waals surface area contributed by atoms with Crippen molar-refractivity contribution in [3.63, 3.8) is 0 Å². The molecule has 2 atom stereocenters. The zero-order valence-corrected chi connectivity index (χ0v) is 13.4. The highest BCUT2D eigenvalue weighted by Crippen LogP contribution is 2.33. The lowest BCUT2D eigenvalue weighted by Gasteiger charge is -2.39. The van der Waals surface area contributed by atoms with Gasteiger partial charge in [-0.1, -0.05) is 49.1 Å². The third-order valence-electron chi connectivity index (χ3n) is 4.92. The summed E-state index contributed by atoms with van der Waals surface area (Å²) in [5.74, 6) is 0.740. The molecule has 0 aliphatic heterocycles. The van der Waals surface area contributed by atoms with E-state index in [9.17, 15) is 0 Å². The summed E-state index contributed by atoms with van der Waals surface area (Å²) in [4.78, 5) is 2.43. The minimum Gasteiger partial charge on any atom is -0.329 e. The summed E-state index contributed by atoms with van der Waals surface area (Å²) in [6.45, 7) is 2.96. The molecule has 112 valence electrons. The van der Waals surface area contributed by atoms with Crippen LogP contribution in [0.2, 0.25) is 5.02 Å². The van der Waals surface area contributed by atoms with E-state index in [1.807, 2.05) is 12.1 Å². The Labute approximate surface area is 128 Å². The number of rotatable bonds is 5. The van der Waals surface area contributed by atoms with Gasteiger partial charge in [0.05, 0.1) is 0 Å². The van der Waals surface area contributed by atoms with E-state index in [1.54, 1.807) is 0 Å². The number of nitrogens with two attached hydrogens (primary N) is 1. The molecular weight excluding hydrogens is 268 g/mol. The lowest BCUT2D eigenvalue weighted by atomic mass is 9.82. The van der Waals surface area contributed by atoms with E-state index in [4.69, 9.17) is 17.3 Å². The molecule has 0 heterocycles. The molecule has 1 saturated carbocycles. The summed E-state index contributed by atoms with van der Waals surface area (Å²) >= 11 is 6.34. The predicted molar refractivity (Wildman–Crippen MR) is 87.0 cm³/mol. The first-order chi connectivity index (χ1) is 9.65. The van der Waals surface area contributed by atoms with Crippen LogP contribution in [0.25, 0.3) is 0 Å². The molecule has 2 rings (SSSR count). The Balaban J connectivity index is 2.11. The zero-order chi connectivity index (χ0) is 14.5. The second kappa shape index (κ2) is 7.44. The summed E-state index contributed by atoms with van der Waals surface area (Å²) in [7, 11) is 2.19. The standard InChI is InChI=1S/C17H27ClN2/c1-13(15-10-6-7-11-16(15)18)20(2)17(12-19)14-8-4-3-5-9-14/h6-7,10-11,13-14,17H,3-5,8-9,12,19H2,1-2H3. The van der Waals surface area contributed by atoms with E-state index < -0.39 is 0 Å². The van der Waals surface area contributed by atoms with Crippen LogP contribution in [0.4, 0.5) is 0 Å². The van der Waals surface area contributed by atoms with Crippen LogP contribution >= 0.6 is 11.6 Å². The van der Waals surface area contributed by atoms with Gasteiger partial charge in [-0.05, 0) is 44.4 Å². The van der Waals surface area contributed by atoms with E-state index in [0.717, 1.165) is 17.5 Å². The first-order valence-electron chi connectivity index (χ1n) is 7.81. The van der Waals surface area contributed by atoms with Crippen LogP contribution in [0.5, 0.6) is 0 Å². The van der Waals surface area contributed by atoms with Gasteiger partial charge in [-0.3, -0.25) is 4.90 Å². The van der Waals surface area contributed by atoms with Crippen LogP contribution in [0, 0.1) is 5.92 Å². The van der Waals surface area contributed by atoms with Gasteiger partial charge in [0.2, 0.25) is 0 Å². The maximum Gasteiger partial charge on any atom is 0.0453 e. The quantitative estimate of drug-likeness (QED) is 0.880. The molecule has 0 radical (unpaired) electrons. The molecular formula is C17H27ClN2. The highest BCUT2D eigenvalue weighted by Gasteiger charge is 2.29. The number of benzene rings is 1. The van der Waals surface area contributed by atoms with Gasteiger partial charge in [-0.25, -0.2) is 0 Å². The first-order valence-corrected chi connectivity index (χ1v) is 8.19. The maximum atomic E-state index is 6.34. The van der Waals surface area contributed by atoms with E-state index in [0.29, 0.717) is 12.1 Å². The van der Waals surface area contributed by atoms with Gasteiger partial charge in [0.1, 0.15) is 0 Å². The largest absolute Gasteiger partial charge is 0.329 e. The third kappa shape index (κ3) is 3.55. The van der Waals surface area contributed by atoms with Crippen LogP contribution in [0.3, 0.4) is 0 Å². The Bertz CT molecular complexity index is 415. The molecule has 0 spiro atoms. The molecule has 1 fully saturated rings. The highest BCUT2D eigenvalue weighted by atomic mass is 35.5. The highest BCUT2D eigenvalue weighted by molar-refractivity contribution is 6.31. The molecule has 1 aromatic rings. The van der Waals surface area contributed by atoms with Crippen molar-refractivity contribution in [2.24, 2.45) is 11.7 Å². The molecule has 1 aromatic carbocycles. The lowest BCUT2D eigenvalue weighted by molar-refractivity contribution is 0.114. The molecule has 20 heavy (non-hydrogen) atoms. The molecule has 1 aliphatic rings. The second-order valence-corrected chi connectivity index (χ2v) is 6.47. The van der Waals surface area contributed by atoms with Gasteiger partial charge in [0.15, 0.2) is 0 Å². The van der Waals surface area contributed by atoms with Gasteiger partial charge in [-0.15, -0.1) is 0 Å². The smallest absolute Gasteiger partial charge is 0.0453 e. The molecule has 0 bridgehead atoms. The molecule has 2 N–H and O–H groups in total. The van der Waals surface area contributed by atoms with Crippen molar-refractivity contribution in [2.45, 2.75) is 51.1 Å². The number of likely N-dealkylation sites (N-methyl/N-ethyl adjacent to an activating group) is 1. The summed E-state index contributed by atoms with van der Waals surface area (Å²) < 4.78 is 0. The maximum absolute atomic E-state index is 6.34. The van der Waals surface area contributed by atoms with Gasteiger partial charge in [-0.2, -0.15) is 0 Å². The number of hydrogen-bond acceptors (Lipinski definition) is 2. The van der Waals surface area contributed by atoms with Crippen molar-refractivity contribution >= 4 is 11.6 Å². The minimum absolute atomic E-state index is 0.305. The molecule has 2 unspecified atom stereocenters. The van der Waals surface area contributed by atoms with Crippen LogP contribution < -0.4 is 5.73 Å². The zero-order valence-electron chi connectivity index (χ0n) is 12.7. The van der Waals surface area contributed by atoms with Crippen LogP contribution in [-0.4, -0.2) is 24.5 Å². The molecule has 3 heteroatoms. The summed E-state index contributed by atoms with van der Waals surface area (Å²) in [5.41, 5.74) is 7.28. The fourth-order valence-electron chi connectivity index (χ4n) is 3.53. The van der Waals surface area contributed by atoms with E-state index in [2.05, 4.69) is 31.0 Å². The average Bonchev–Trinajstić information content (AvgIpc) is 2.49. The van der Waals surface area contributed by atoms with Gasteiger partial charge in [0.25, 0.3) is 0 Å². The minimum atomic E-state index is 0.305. The first kappa shape index (κ1) is 15.8. The Morgan fingerprint density at radius 2 is 1.90 bits per heavy atom. The molecule has 0 aromatic heterocycles. The summed E-state index contributed by atoms with van der Waals surface area (Å²) in [6, 6.07) is 8.90. The fourth-order valence-corrected chi connectivity index (χ4v) is 3.82. The Kier molecular flexibility index (Phi) is 5.88. The Morgan fingerprint density at radius 3 is 2.50 bits per heavy atom. The van der Waals surface area contributed by atoms with Crippen molar-refractivity contribution in [3.05, 3.63) is 34.9 Å². The van der Waals surface area contributed by atoms with Crippen LogP contribution in [0.1, 0.15) is 50.6 Å². The second-order valence-electron chi connectivity index (χ2n) is 6.06. The lowest BCUT2D eigenvalue weighted by Crippen LogP contribution is -2.45. The van der Waals surface area contributed by atoms with Crippen LogP contribution in [-0.2, 0) is 0 Å². The molecule has 0 saturated heterocycles. The summed E-state index contributed by atoms with van der Waals surface area (Å²) in [5, 5.41) is 0.853. The number of hydrogen-bond donors (Lipinski definition) is 1. The van der Waals surface area contributed by atoms with Crippen molar-refractivity contribution < 1.29 is 0 Å². The fraction of sp³-hybridized carbons (Fsp3) is 0.647. The van der Waals surface area contributed by atoms with Crippen LogP contribution in [0.15, 0.2) is 24.3 Å². The SMILES string of the molecule is CC(c1ccccc1Cl)N(C)C(CN)C1CCCCC1. The van der Waals surface area contributed by atoms with Crippen molar-refractivity contribution in [2.75, 3.05) is 13.6 Å². The van der Waals surface area contributed by atoms with Gasteiger partial charge < -0.3 is 5.73 Å². The average molecular weight is 295 g/mol. The Morgan fingerprint density at radius 1 is 1.25 bits per heavy atom. The van der Waals surface area contributed by atoms with Crippen molar-refractivity contribution in [3.8, 4) is 0 Å². The van der Waals surface area contributed by atoms with E-state index in [1.165, 1.54) is 37.7 Å².